The molecule has 0 aromatic heterocycles. The summed E-state index contributed by atoms with van der Waals surface area (Å²) in [7, 11) is 4.59. The molecule has 1 aliphatic rings. The van der Waals surface area contributed by atoms with Crippen molar-refractivity contribution < 1.29 is 28.5 Å². The predicted octanol–water partition coefficient (Wildman–Crippen LogP) is 2.78. The molecule has 7 nitrogen and oxygen atoms in total. The number of hydrogen-bond acceptors (Lipinski definition) is 6. The molecule has 0 spiro atoms. The number of nitrogens with zero attached hydrogens (tertiary/aromatic N) is 1. The molecule has 3 rings (SSSR count). The van der Waals surface area contributed by atoms with Gasteiger partial charge < -0.3 is 18.9 Å². The van der Waals surface area contributed by atoms with Crippen molar-refractivity contribution in [3.8, 4) is 23.0 Å². The second-order valence-electron chi connectivity index (χ2n) is 5.87. The van der Waals surface area contributed by atoms with E-state index in [0.29, 0.717) is 47.2 Å². The van der Waals surface area contributed by atoms with Crippen LogP contribution >= 0.6 is 0 Å². The van der Waals surface area contributed by atoms with Gasteiger partial charge in [0.05, 0.1) is 39.1 Å². The van der Waals surface area contributed by atoms with Crippen molar-refractivity contribution in [3.63, 3.8) is 0 Å². The Morgan fingerprint density at radius 1 is 0.852 bits per heavy atom. The lowest BCUT2D eigenvalue weighted by Gasteiger charge is -2.16. The molecule has 2 aromatic rings. The van der Waals surface area contributed by atoms with E-state index in [4.69, 9.17) is 18.9 Å². The van der Waals surface area contributed by atoms with Crippen molar-refractivity contribution >= 4 is 11.8 Å². The minimum Gasteiger partial charge on any atom is -0.493 e. The molecule has 0 saturated heterocycles. The summed E-state index contributed by atoms with van der Waals surface area (Å²) in [4.78, 5) is 25.9. The second kappa shape index (κ2) is 7.99. The van der Waals surface area contributed by atoms with Crippen LogP contribution in [0.5, 0.6) is 23.0 Å². The number of carbonyl (C=O) groups is 2. The van der Waals surface area contributed by atoms with Crippen LogP contribution in [0.3, 0.4) is 0 Å². The molecule has 0 unspecified atom stereocenters. The SMILES string of the molecule is COc1cc(OCCCN2C(=O)c3ccccc3C2=O)cc(OC)c1OC. The normalized spacial score (nSPS) is 12.8. The van der Waals surface area contributed by atoms with Crippen molar-refractivity contribution in [1.29, 1.82) is 0 Å². The topological polar surface area (TPSA) is 74.3 Å². The first-order valence-electron chi connectivity index (χ1n) is 8.48. The molecule has 2 aromatic carbocycles. The van der Waals surface area contributed by atoms with Gasteiger partial charge in [-0.15, -0.1) is 0 Å². The monoisotopic (exact) mass is 371 g/mol. The molecule has 0 saturated carbocycles. The number of methoxy groups -OCH3 is 3. The van der Waals surface area contributed by atoms with Crippen LogP contribution in [-0.2, 0) is 0 Å². The molecule has 0 aliphatic carbocycles. The van der Waals surface area contributed by atoms with Gasteiger partial charge >= 0.3 is 0 Å². The summed E-state index contributed by atoms with van der Waals surface area (Å²) in [5.41, 5.74) is 0.904. The molecule has 0 atom stereocenters. The third-order valence-electron chi connectivity index (χ3n) is 4.31. The van der Waals surface area contributed by atoms with Crippen molar-refractivity contribution in [3.05, 3.63) is 47.5 Å². The van der Waals surface area contributed by atoms with Crippen molar-refractivity contribution in [2.45, 2.75) is 6.42 Å². The number of rotatable bonds is 8. The first-order chi connectivity index (χ1) is 13.1. The highest BCUT2D eigenvalue weighted by molar-refractivity contribution is 6.21. The van der Waals surface area contributed by atoms with Gasteiger partial charge in [-0.3, -0.25) is 14.5 Å². The van der Waals surface area contributed by atoms with Crippen LogP contribution in [0, 0.1) is 0 Å². The third kappa shape index (κ3) is 3.53. The van der Waals surface area contributed by atoms with Gasteiger partial charge in [0.25, 0.3) is 11.8 Å². The van der Waals surface area contributed by atoms with Crippen LogP contribution in [0.4, 0.5) is 0 Å². The summed E-state index contributed by atoms with van der Waals surface area (Å²) in [6.07, 6.45) is 0.502. The lowest BCUT2D eigenvalue weighted by molar-refractivity contribution is 0.0647. The van der Waals surface area contributed by atoms with E-state index in [-0.39, 0.29) is 18.4 Å². The average Bonchev–Trinajstić information content (AvgIpc) is 2.95. The molecular weight excluding hydrogens is 350 g/mol. The number of amides is 2. The maximum atomic E-state index is 12.3. The molecule has 2 amide bonds. The van der Waals surface area contributed by atoms with Crippen LogP contribution in [-0.4, -0.2) is 51.2 Å². The van der Waals surface area contributed by atoms with E-state index in [1.54, 1.807) is 36.4 Å². The van der Waals surface area contributed by atoms with Gasteiger partial charge in [-0.1, -0.05) is 12.1 Å². The fraction of sp³-hybridized carbons (Fsp3) is 0.300. The van der Waals surface area contributed by atoms with Gasteiger partial charge in [0.2, 0.25) is 5.75 Å². The molecule has 0 N–H and O–H groups in total. The quantitative estimate of drug-likeness (QED) is 0.525. The highest BCUT2D eigenvalue weighted by Crippen LogP contribution is 2.40. The fourth-order valence-electron chi connectivity index (χ4n) is 3.00. The minimum atomic E-state index is -0.261. The van der Waals surface area contributed by atoms with Gasteiger partial charge in [0, 0.05) is 18.7 Å². The molecule has 1 heterocycles. The Labute approximate surface area is 157 Å². The van der Waals surface area contributed by atoms with Gasteiger partial charge in [-0.25, -0.2) is 0 Å². The molecule has 7 heteroatoms. The number of fused-ring (bicyclic) bond motifs is 1. The Hall–Kier alpha value is -3.22. The first-order valence-corrected chi connectivity index (χ1v) is 8.48. The van der Waals surface area contributed by atoms with Gasteiger partial charge in [0.1, 0.15) is 5.75 Å². The first kappa shape index (κ1) is 18.6. The molecule has 0 radical (unpaired) electrons. The van der Waals surface area contributed by atoms with Gasteiger partial charge in [-0.05, 0) is 18.6 Å². The zero-order valence-corrected chi connectivity index (χ0v) is 15.5. The Bertz CT molecular complexity index is 803. The highest BCUT2D eigenvalue weighted by Gasteiger charge is 2.34. The van der Waals surface area contributed by atoms with Gasteiger partial charge in [0.15, 0.2) is 11.5 Å². The standard InChI is InChI=1S/C20H21NO6/c1-24-16-11-13(12-17(25-2)18(16)26-3)27-10-6-9-21-19(22)14-7-4-5-8-15(14)20(21)23/h4-5,7-8,11-12H,6,9-10H2,1-3H3. The van der Waals surface area contributed by atoms with Crippen LogP contribution in [0.15, 0.2) is 36.4 Å². The lowest BCUT2D eigenvalue weighted by atomic mass is 10.1. The van der Waals surface area contributed by atoms with E-state index >= 15 is 0 Å². The molecule has 27 heavy (non-hydrogen) atoms. The van der Waals surface area contributed by atoms with Gasteiger partial charge in [-0.2, -0.15) is 0 Å². The van der Waals surface area contributed by atoms with Crippen molar-refractivity contribution in [2.75, 3.05) is 34.5 Å². The second-order valence-corrected chi connectivity index (χ2v) is 5.87. The summed E-state index contributed by atoms with van der Waals surface area (Å²) in [5.74, 6) is 1.50. The highest BCUT2D eigenvalue weighted by atomic mass is 16.5. The zero-order chi connectivity index (χ0) is 19.4. The Morgan fingerprint density at radius 3 is 1.89 bits per heavy atom. The Kier molecular flexibility index (Phi) is 5.49. The number of benzene rings is 2. The van der Waals surface area contributed by atoms with E-state index < -0.39 is 0 Å². The largest absolute Gasteiger partial charge is 0.493 e. The minimum absolute atomic E-state index is 0.261. The van der Waals surface area contributed by atoms with Crippen LogP contribution in [0.25, 0.3) is 0 Å². The molecule has 1 aliphatic heterocycles. The maximum Gasteiger partial charge on any atom is 0.261 e. The Balaban J connectivity index is 1.60. The molecule has 142 valence electrons. The van der Waals surface area contributed by atoms with E-state index in [1.165, 1.54) is 26.2 Å². The van der Waals surface area contributed by atoms with Crippen molar-refractivity contribution in [2.24, 2.45) is 0 Å². The van der Waals surface area contributed by atoms with Crippen LogP contribution in [0.1, 0.15) is 27.1 Å². The average molecular weight is 371 g/mol. The predicted molar refractivity (Wildman–Crippen MR) is 98.0 cm³/mol. The maximum absolute atomic E-state index is 12.3. The number of imide groups is 1. The zero-order valence-electron chi connectivity index (χ0n) is 15.5. The third-order valence-corrected chi connectivity index (χ3v) is 4.31. The molecule has 0 fully saturated rings. The van der Waals surface area contributed by atoms with E-state index in [0.717, 1.165) is 0 Å². The summed E-state index contributed by atoms with van der Waals surface area (Å²) in [6, 6.07) is 10.2. The fourth-order valence-corrected chi connectivity index (χ4v) is 3.00. The smallest absolute Gasteiger partial charge is 0.261 e. The Morgan fingerprint density at radius 2 is 1.41 bits per heavy atom. The molecule has 0 bridgehead atoms. The number of hydrogen-bond donors (Lipinski definition) is 0. The van der Waals surface area contributed by atoms with Crippen LogP contribution in [0.2, 0.25) is 0 Å². The summed E-state index contributed by atoms with van der Waals surface area (Å²) in [6.45, 7) is 0.614. The van der Waals surface area contributed by atoms with E-state index in [2.05, 4.69) is 0 Å². The summed E-state index contributed by atoms with van der Waals surface area (Å²) < 4.78 is 21.6. The lowest BCUT2D eigenvalue weighted by Crippen LogP contribution is -2.31. The van der Waals surface area contributed by atoms with E-state index in [9.17, 15) is 9.59 Å². The van der Waals surface area contributed by atoms with Crippen molar-refractivity contribution in [1.82, 2.24) is 4.90 Å². The summed E-state index contributed by atoms with van der Waals surface area (Å²) >= 11 is 0. The van der Waals surface area contributed by atoms with E-state index in [1.807, 2.05) is 0 Å². The molecular formula is C20H21NO6. The summed E-state index contributed by atoms with van der Waals surface area (Å²) in [5, 5.41) is 0. The number of carbonyl (C=O) groups excluding carboxylic acids is 2. The number of ether oxygens (including phenoxy) is 4. The van der Waals surface area contributed by atoms with Crippen LogP contribution < -0.4 is 18.9 Å².